The SMILES string of the molecule is CCCCNCCNC(=O)C1CCC(Nc2ncc3nc(Nc4c(F)cccc4F)n(C4CCC(CO)CC4)c3n2)CC1. The lowest BCUT2D eigenvalue weighted by atomic mass is 9.85. The molecule has 0 spiro atoms. The number of carbonyl (C=O) groups excluding carboxylic acids is 1. The fourth-order valence-electron chi connectivity index (χ4n) is 6.24. The van der Waals surface area contributed by atoms with Gasteiger partial charge in [0.15, 0.2) is 5.65 Å². The van der Waals surface area contributed by atoms with Crippen LogP contribution in [-0.4, -0.2) is 62.8 Å². The van der Waals surface area contributed by atoms with Crippen molar-refractivity contribution < 1.29 is 18.7 Å². The van der Waals surface area contributed by atoms with Gasteiger partial charge >= 0.3 is 0 Å². The van der Waals surface area contributed by atoms with Crippen LogP contribution < -0.4 is 21.3 Å². The highest BCUT2D eigenvalue weighted by molar-refractivity contribution is 5.79. The normalized spacial score (nSPS) is 22.4. The summed E-state index contributed by atoms with van der Waals surface area (Å²) in [5.74, 6) is -0.247. The van der Waals surface area contributed by atoms with E-state index in [2.05, 4.69) is 38.2 Å². The predicted octanol–water partition coefficient (Wildman–Crippen LogP) is 5.05. The number of amides is 1. The van der Waals surface area contributed by atoms with Gasteiger partial charge in [0.05, 0.1) is 6.20 Å². The standard InChI is InChI=1S/C31H44F2N8O2/c1-2-3-15-34-16-17-35-29(43)21-9-11-22(12-10-21)37-30-36-18-26-28(40-30)41(23-13-7-20(19-42)8-14-23)31(38-26)39-27-24(32)5-4-6-25(27)33/h4-6,18,20-23,34,42H,2-3,7-17,19H2,1H3,(H,35,43)(H,38,39)(H,36,37,40). The Kier molecular flexibility index (Phi) is 10.7. The second kappa shape index (κ2) is 14.9. The smallest absolute Gasteiger partial charge is 0.224 e. The van der Waals surface area contributed by atoms with Crippen molar-refractivity contribution in [3.8, 4) is 0 Å². The van der Waals surface area contributed by atoms with Gasteiger partial charge in [-0.15, -0.1) is 0 Å². The number of aliphatic hydroxyl groups is 1. The van der Waals surface area contributed by atoms with E-state index in [9.17, 15) is 18.7 Å². The second-order valence-corrected chi connectivity index (χ2v) is 11.9. The molecule has 1 aromatic carbocycles. The molecule has 0 aliphatic heterocycles. The molecule has 2 saturated carbocycles. The average Bonchev–Trinajstić information content (AvgIpc) is 3.38. The van der Waals surface area contributed by atoms with E-state index in [1.54, 1.807) is 6.20 Å². The van der Waals surface area contributed by atoms with Crippen LogP contribution in [0.3, 0.4) is 0 Å². The number of unbranched alkanes of at least 4 members (excludes halogenated alkanes) is 1. The van der Waals surface area contributed by atoms with E-state index < -0.39 is 11.6 Å². The zero-order valence-corrected chi connectivity index (χ0v) is 24.9. The molecule has 2 aromatic heterocycles. The third-order valence-corrected chi connectivity index (χ3v) is 8.81. The highest BCUT2D eigenvalue weighted by atomic mass is 19.1. The fraction of sp³-hybridized carbons (Fsp3) is 0.613. The number of halogens is 2. The number of fused-ring (bicyclic) bond motifs is 1. The Morgan fingerprint density at radius 2 is 1.74 bits per heavy atom. The Hall–Kier alpha value is -3.38. The van der Waals surface area contributed by atoms with Crippen molar-refractivity contribution in [1.29, 1.82) is 0 Å². The molecule has 0 saturated heterocycles. The lowest BCUT2D eigenvalue weighted by Gasteiger charge is -2.30. The summed E-state index contributed by atoms with van der Waals surface area (Å²) in [5.41, 5.74) is 0.853. The Morgan fingerprint density at radius 3 is 2.44 bits per heavy atom. The average molecular weight is 599 g/mol. The first-order valence-electron chi connectivity index (χ1n) is 15.8. The van der Waals surface area contributed by atoms with Crippen LogP contribution in [0.2, 0.25) is 0 Å². The first-order chi connectivity index (χ1) is 21.0. The Morgan fingerprint density at radius 1 is 1.00 bits per heavy atom. The minimum Gasteiger partial charge on any atom is -0.396 e. The van der Waals surface area contributed by atoms with Gasteiger partial charge in [-0.3, -0.25) is 9.36 Å². The zero-order valence-electron chi connectivity index (χ0n) is 24.9. The molecule has 234 valence electrons. The maximum Gasteiger partial charge on any atom is 0.224 e. The van der Waals surface area contributed by atoms with E-state index in [0.717, 1.165) is 77.3 Å². The van der Waals surface area contributed by atoms with Crippen LogP contribution in [0.4, 0.5) is 26.4 Å². The van der Waals surface area contributed by atoms with Crippen molar-refractivity contribution in [3.63, 3.8) is 0 Å². The van der Waals surface area contributed by atoms with Gasteiger partial charge in [0.1, 0.15) is 22.8 Å². The van der Waals surface area contributed by atoms with Crippen molar-refractivity contribution in [2.45, 2.75) is 83.2 Å². The Bertz CT molecular complexity index is 1330. The summed E-state index contributed by atoms with van der Waals surface area (Å²) in [6.45, 7) is 4.72. The molecule has 0 atom stereocenters. The molecule has 0 bridgehead atoms. The Labute approximate surface area is 251 Å². The molecule has 3 aromatic rings. The number of nitrogens with zero attached hydrogens (tertiary/aromatic N) is 4. The number of aliphatic hydroxyl groups excluding tert-OH is 1. The van der Waals surface area contributed by atoms with E-state index in [4.69, 9.17) is 4.98 Å². The number of hydrogen-bond acceptors (Lipinski definition) is 8. The Balaban J connectivity index is 1.26. The van der Waals surface area contributed by atoms with Crippen LogP contribution in [0.1, 0.15) is 77.2 Å². The van der Waals surface area contributed by atoms with Crippen LogP contribution in [0.15, 0.2) is 24.4 Å². The summed E-state index contributed by atoms with van der Waals surface area (Å²) in [6, 6.07) is 3.88. The van der Waals surface area contributed by atoms with Crippen LogP contribution in [0.5, 0.6) is 0 Å². The lowest BCUT2D eigenvalue weighted by molar-refractivity contribution is -0.125. The lowest BCUT2D eigenvalue weighted by Crippen LogP contribution is -2.39. The van der Waals surface area contributed by atoms with Crippen LogP contribution in [0.25, 0.3) is 11.2 Å². The third kappa shape index (κ3) is 7.77. The number of benzene rings is 1. The van der Waals surface area contributed by atoms with Crippen molar-refractivity contribution in [3.05, 3.63) is 36.0 Å². The molecule has 2 aliphatic carbocycles. The molecular weight excluding hydrogens is 554 g/mol. The number of anilines is 3. The molecule has 2 aliphatic rings. The first kappa shape index (κ1) is 31.1. The number of hydrogen-bond donors (Lipinski definition) is 5. The summed E-state index contributed by atoms with van der Waals surface area (Å²) in [7, 11) is 0. The number of imidazole rings is 1. The monoisotopic (exact) mass is 598 g/mol. The molecule has 43 heavy (non-hydrogen) atoms. The van der Waals surface area contributed by atoms with Gasteiger partial charge in [0.2, 0.25) is 17.8 Å². The van der Waals surface area contributed by atoms with E-state index in [0.29, 0.717) is 29.6 Å². The number of nitrogens with one attached hydrogen (secondary N) is 4. The van der Waals surface area contributed by atoms with Crippen molar-refractivity contribution in [1.82, 2.24) is 30.2 Å². The molecule has 0 radical (unpaired) electrons. The molecule has 2 heterocycles. The van der Waals surface area contributed by atoms with Crippen LogP contribution in [-0.2, 0) is 4.79 Å². The summed E-state index contributed by atoms with van der Waals surface area (Å²) in [6.07, 6.45) is 10.5. The molecule has 0 unspecified atom stereocenters. The van der Waals surface area contributed by atoms with Gasteiger partial charge in [0.25, 0.3) is 0 Å². The topological polar surface area (TPSA) is 129 Å². The largest absolute Gasteiger partial charge is 0.396 e. The van der Waals surface area contributed by atoms with Gasteiger partial charge in [-0.25, -0.2) is 18.7 Å². The van der Waals surface area contributed by atoms with Gasteiger partial charge in [-0.05, 0) is 82.4 Å². The molecule has 5 rings (SSSR count). The van der Waals surface area contributed by atoms with E-state index in [-0.39, 0.29) is 42.1 Å². The molecule has 2 fully saturated rings. The minimum atomic E-state index is -0.705. The summed E-state index contributed by atoms with van der Waals surface area (Å²) >= 11 is 0. The van der Waals surface area contributed by atoms with Crippen molar-refractivity contribution in [2.24, 2.45) is 11.8 Å². The number of aromatic nitrogens is 4. The molecule has 5 N–H and O–H groups in total. The van der Waals surface area contributed by atoms with Crippen molar-refractivity contribution in [2.75, 3.05) is 36.9 Å². The van der Waals surface area contributed by atoms with E-state index >= 15 is 0 Å². The summed E-state index contributed by atoms with van der Waals surface area (Å²) in [4.78, 5) is 26.6. The van der Waals surface area contributed by atoms with Gasteiger partial charge in [0, 0.05) is 37.7 Å². The van der Waals surface area contributed by atoms with Crippen LogP contribution >= 0.6 is 0 Å². The number of rotatable bonds is 13. The third-order valence-electron chi connectivity index (χ3n) is 8.81. The predicted molar refractivity (Wildman–Crippen MR) is 163 cm³/mol. The fourth-order valence-corrected chi connectivity index (χ4v) is 6.24. The number of para-hydroxylation sites is 1. The molecule has 1 amide bonds. The zero-order chi connectivity index (χ0) is 30.2. The second-order valence-electron chi connectivity index (χ2n) is 11.9. The maximum atomic E-state index is 14.5. The molecule has 10 nitrogen and oxygen atoms in total. The van der Waals surface area contributed by atoms with Crippen LogP contribution in [0, 0.1) is 23.5 Å². The molecular formula is C31H44F2N8O2. The van der Waals surface area contributed by atoms with Crippen molar-refractivity contribution >= 4 is 34.7 Å². The van der Waals surface area contributed by atoms with E-state index in [1.807, 2.05) is 4.57 Å². The van der Waals surface area contributed by atoms with Gasteiger partial charge < -0.3 is 26.4 Å². The highest BCUT2D eigenvalue weighted by Crippen LogP contribution is 2.37. The van der Waals surface area contributed by atoms with Gasteiger partial charge in [-0.2, -0.15) is 4.98 Å². The first-order valence-corrected chi connectivity index (χ1v) is 15.8. The number of carbonyl (C=O) groups is 1. The quantitative estimate of drug-likeness (QED) is 0.173. The molecule has 12 heteroatoms. The summed E-state index contributed by atoms with van der Waals surface area (Å²) in [5, 5.41) is 22.4. The minimum absolute atomic E-state index is 0.00341. The highest BCUT2D eigenvalue weighted by Gasteiger charge is 2.29. The van der Waals surface area contributed by atoms with Gasteiger partial charge in [-0.1, -0.05) is 19.4 Å². The maximum absolute atomic E-state index is 14.5. The summed E-state index contributed by atoms with van der Waals surface area (Å²) < 4.78 is 31.0. The van der Waals surface area contributed by atoms with E-state index in [1.165, 1.54) is 18.2 Å².